The van der Waals surface area contributed by atoms with Crippen LogP contribution in [-0.2, 0) is 26.8 Å². The van der Waals surface area contributed by atoms with Crippen molar-refractivity contribution >= 4 is 21.6 Å². The van der Waals surface area contributed by atoms with Crippen molar-refractivity contribution in [3.8, 4) is 17.0 Å². The Labute approximate surface area is 209 Å². The maximum atomic E-state index is 12.8. The molecule has 2 heterocycles. The zero-order chi connectivity index (χ0) is 25.7. The van der Waals surface area contributed by atoms with Crippen LogP contribution in [0.3, 0.4) is 0 Å². The van der Waals surface area contributed by atoms with E-state index in [1.807, 2.05) is 26.8 Å². The molecule has 0 bridgehead atoms. The van der Waals surface area contributed by atoms with E-state index in [1.54, 1.807) is 11.0 Å². The molecule has 0 unspecified atom stereocenters. The van der Waals surface area contributed by atoms with Crippen LogP contribution in [0.5, 0.6) is 5.75 Å². The molecule has 1 aliphatic carbocycles. The highest BCUT2D eigenvalue weighted by Crippen LogP contribution is 2.45. The number of primary sulfonamides is 1. The Hall–Kier alpha value is -2.32. The first kappa shape index (κ1) is 25.8. The molecule has 0 radical (unpaired) electrons. The second-order valence-corrected chi connectivity index (χ2v) is 12.9. The van der Waals surface area contributed by atoms with Crippen molar-refractivity contribution in [2.24, 2.45) is 11.1 Å². The molecule has 1 aromatic heterocycles. The fourth-order valence-corrected chi connectivity index (χ4v) is 6.36. The summed E-state index contributed by atoms with van der Waals surface area (Å²) in [5.41, 5.74) is 3.82. The molecule has 0 spiro atoms. The number of hydrogen-bond donors (Lipinski definition) is 1. The van der Waals surface area contributed by atoms with Gasteiger partial charge in [0.15, 0.2) is 6.61 Å². The Morgan fingerprint density at radius 1 is 1.11 bits per heavy atom. The predicted molar refractivity (Wildman–Crippen MR) is 139 cm³/mol. The largest absolute Gasteiger partial charge is 0.481 e. The average Bonchev–Trinajstić information content (AvgIpc) is 3.09. The van der Waals surface area contributed by atoms with Crippen molar-refractivity contribution < 1.29 is 17.9 Å². The van der Waals surface area contributed by atoms with Gasteiger partial charge in [0, 0.05) is 35.1 Å². The number of nitrogens with two attached hydrogens (primary N) is 1. The van der Waals surface area contributed by atoms with Crippen LogP contribution in [0.15, 0.2) is 23.1 Å². The molecule has 192 valence electrons. The third kappa shape index (κ3) is 5.00. The van der Waals surface area contributed by atoms with E-state index >= 15 is 0 Å². The fourth-order valence-electron chi connectivity index (χ4n) is 5.56. The lowest BCUT2D eigenvalue weighted by Gasteiger charge is -2.36. The molecule has 1 amide bonds. The SMILES string of the molecule is Cc1c(S(N)(=O)=O)cc(-c2cc3c(c(C(C)(C)C)c2)OCC(=O)N3C(C)C)n1CC1CCCCC1. The maximum absolute atomic E-state index is 12.8. The molecule has 2 N–H and O–H groups in total. The van der Waals surface area contributed by atoms with Gasteiger partial charge in [-0.1, -0.05) is 40.0 Å². The number of amides is 1. The normalized spacial score (nSPS) is 17.6. The number of nitrogens with zero attached hydrogens (tertiary/aromatic N) is 2. The molecule has 1 fully saturated rings. The lowest BCUT2D eigenvalue weighted by atomic mass is 9.84. The van der Waals surface area contributed by atoms with Crippen LogP contribution in [-0.4, -0.2) is 31.5 Å². The molecule has 1 saturated carbocycles. The van der Waals surface area contributed by atoms with Crippen LogP contribution in [0.25, 0.3) is 11.3 Å². The molecular weight excluding hydrogens is 462 g/mol. The van der Waals surface area contributed by atoms with E-state index in [4.69, 9.17) is 9.88 Å². The summed E-state index contributed by atoms with van der Waals surface area (Å²) in [5.74, 6) is 1.14. The number of rotatable bonds is 5. The first-order chi connectivity index (χ1) is 16.3. The number of fused-ring (bicyclic) bond motifs is 1. The zero-order valence-electron chi connectivity index (χ0n) is 21.8. The number of benzene rings is 1. The Bertz CT molecular complexity index is 1230. The average molecular weight is 502 g/mol. The lowest BCUT2D eigenvalue weighted by molar-refractivity contribution is -0.121. The molecule has 2 aromatic rings. The minimum absolute atomic E-state index is 0.0142. The Kier molecular flexibility index (Phi) is 6.83. The fraction of sp³-hybridized carbons (Fsp3) is 0.593. The van der Waals surface area contributed by atoms with Gasteiger partial charge < -0.3 is 14.2 Å². The molecule has 7 nitrogen and oxygen atoms in total. The topological polar surface area (TPSA) is 94.6 Å². The number of hydrogen-bond acceptors (Lipinski definition) is 4. The monoisotopic (exact) mass is 501 g/mol. The second-order valence-electron chi connectivity index (χ2n) is 11.4. The lowest BCUT2D eigenvalue weighted by Crippen LogP contribution is -2.43. The summed E-state index contributed by atoms with van der Waals surface area (Å²) in [7, 11) is -3.88. The van der Waals surface area contributed by atoms with Crippen LogP contribution in [0, 0.1) is 12.8 Å². The van der Waals surface area contributed by atoms with Gasteiger partial charge in [-0.05, 0) is 63.1 Å². The van der Waals surface area contributed by atoms with E-state index in [9.17, 15) is 13.2 Å². The highest BCUT2D eigenvalue weighted by molar-refractivity contribution is 7.89. The summed E-state index contributed by atoms with van der Waals surface area (Å²) < 4.78 is 33.1. The first-order valence-electron chi connectivity index (χ1n) is 12.7. The number of ether oxygens (including phenoxy) is 1. The van der Waals surface area contributed by atoms with Crippen molar-refractivity contribution in [2.45, 2.75) is 96.5 Å². The maximum Gasteiger partial charge on any atom is 0.265 e. The van der Waals surface area contributed by atoms with Crippen LogP contribution in [0.2, 0.25) is 0 Å². The van der Waals surface area contributed by atoms with Crippen molar-refractivity contribution in [1.82, 2.24) is 4.57 Å². The molecule has 4 rings (SSSR count). The third-order valence-electron chi connectivity index (χ3n) is 7.35. The van der Waals surface area contributed by atoms with Gasteiger partial charge in [-0.25, -0.2) is 13.6 Å². The summed E-state index contributed by atoms with van der Waals surface area (Å²) in [6, 6.07) is 5.73. The number of anilines is 1. The van der Waals surface area contributed by atoms with Gasteiger partial charge >= 0.3 is 0 Å². The van der Waals surface area contributed by atoms with E-state index in [1.165, 1.54) is 19.3 Å². The van der Waals surface area contributed by atoms with Crippen molar-refractivity contribution in [2.75, 3.05) is 11.5 Å². The standard InChI is InChI=1S/C27H39N3O4S/c1-17(2)30-23-13-20(12-21(27(4,5)6)26(23)34-16-25(30)31)22-14-24(35(28,32)33)18(3)29(22)15-19-10-8-7-9-11-19/h12-14,17,19H,7-11,15-16H2,1-6H3,(H2,28,32,33). The van der Waals surface area contributed by atoms with E-state index < -0.39 is 10.0 Å². The van der Waals surface area contributed by atoms with Crippen LogP contribution < -0.4 is 14.8 Å². The Morgan fingerprint density at radius 2 is 1.77 bits per heavy atom. The Morgan fingerprint density at radius 3 is 2.34 bits per heavy atom. The van der Waals surface area contributed by atoms with Gasteiger partial charge in [-0.15, -0.1) is 0 Å². The predicted octanol–water partition coefficient (Wildman–Crippen LogP) is 5.12. The molecular formula is C27H39N3O4S. The van der Waals surface area contributed by atoms with Gasteiger partial charge in [0.2, 0.25) is 10.0 Å². The quantitative estimate of drug-likeness (QED) is 0.615. The molecule has 1 aliphatic heterocycles. The summed E-state index contributed by atoms with van der Waals surface area (Å²) >= 11 is 0. The highest BCUT2D eigenvalue weighted by Gasteiger charge is 2.34. The third-order valence-corrected chi connectivity index (χ3v) is 8.38. The van der Waals surface area contributed by atoms with E-state index in [0.29, 0.717) is 11.6 Å². The molecule has 35 heavy (non-hydrogen) atoms. The van der Waals surface area contributed by atoms with Crippen molar-refractivity contribution in [3.63, 3.8) is 0 Å². The summed E-state index contributed by atoms with van der Waals surface area (Å²) in [4.78, 5) is 14.8. The summed E-state index contributed by atoms with van der Waals surface area (Å²) in [6.07, 6.45) is 5.96. The molecule has 1 aromatic carbocycles. The smallest absolute Gasteiger partial charge is 0.265 e. The van der Waals surface area contributed by atoms with E-state index in [-0.39, 0.29) is 28.9 Å². The molecule has 0 saturated heterocycles. The van der Waals surface area contributed by atoms with Gasteiger partial charge in [-0.3, -0.25) is 4.79 Å². The van der Waals surface area contributed by atoms with Gasteiger partial charge in [0.1, 0.15) is 10.6 Å². The van der Waals surface area contributed by atoms with Crippen LogP contribution in [0.1, 0.15) is 78.0 Å². The Balaban J connectivity index is 1.96. The zero-order valence-corrected chi connectivity index (χ0v) is 22.7. The minimum atomic E-state index is -3.88. The molecule has 0 atom stereocenters. The van der Waals surface area contributed by atoms with Gasteiger partial charge in [0.25, 0.3) is 5.91 Å². The van der Waals surface area contributed by atoms with Gasteiger partial charge in [-0.2, -0.15) is 0 Å². The van der Waals surface area contributed by atoms with Crippen molar-refractivity contribution in [1.29, 1.82) is 0 Å². The van der Waals surface area contributed by atoms with Crippen LogP contribution >= 0.6 is 0 Å². The van der Waals surface area contributed by atoms with Gasteiger partial charge in [0.05, 0.1) is 5.69 Å². The molecule has 2 aliphatic rings. The summed E-state index contributed by atoms with van der Waals surface area (Å²) in [5, 5.41) is 5.63. The summed E-state index contributed by atoms with van der Waals surface area (Å²) in [6.45, 7) is 12.9. The minimum Gasteiger partial charge on any atom is -0.481 e. The van der Waals surface area contributed by atoms with Crippen LogP contribution in [0.4, 0.5) is 5.69 Å². The first-order valence-corrected chi connectivity index (χ1v) is 14.2. The number of aromatic nitrogens is 1. The number of carbonyl (C=O) groups excluding carboxylic acids is 1. The molecule has 8 heteroatoms. The second kappa shape index (κ2) is 9.28. The van der Waals surface area contributed by atoms with E-state index in [2.05, 4.69) is 31.4 Å². The number of carbonyl (C=O) groups is 1. The number of sulfonamides is 1. The van der Waals surface area contributed by atoms with E-state index in [0.717, 1.165) is 47.6 Å². The van der Waals surface area contributed by atoms with Crippen molar-refractivity contribution in [3.05, 3.63) is 29.5 Å². The highest BCUT2D eigenvalue weighted by atomic mass is 32.2.